The summed E-state index contributed by atoms with van der Waals surface area (Å²) in [6.45, 7) is 12.4. The van der Waals surface area contributed by atoms with Gasteiger partial charge in [-0.25, -0.2) is 4.79 Å². The summed E-state index contributed by atoms with van der Waals surface area (Å²) in [6, 6.07) is 9.98. The van der Waals surface area contributed by atoms with Crippen molar-refractivity contribution < 1.29 is 14.0 Å². The van der Waals surface area contributed by atoms with Gasteiger partial charge >= 0.3 is 6.09 Å². The van der Waals surface area contributed by atoms with Crippen molar-refractivity contribution >= 4 is 14.4 Å². The van der Waals surface area contributed by atoms with Gasteiger partial charge in [0.2, 0.25) is 0 Å². The first kappa shape index (κ1) is 19.0. The highest BCUT2D eigenvalue weighted by Gasteiger charge is 2.40. The molecule has 1 saturated carbocycles. The molecular weight excluding hydrogens is 318 g/mol. The largest absolute Gasteiger partial charge is 0.445 e. The zero-order chi connectivity index (χ0) is 17.8. The van der Waals surface area contributed by atoms with E-state index >= 15 is 0 Å². The van der Waals surface area contributed by atoms with E-state index in [1.807, 2.05) is 30.3 Å². The third-order valence-electron chi connectivity index (χ3n) is 5.20. The molecule has 0 unspecified atom stereocenters. The normalized spacial score (nSPS) is 20.5. The summed E-state index contributed by atoms with van der Waals surface area (Å²) in [5.41, 5.74) is 1.00. The Bertz CT molecular complexity index is 539. The lowest BCUT2D eigenvalue weighted by Gasteiger charge is -2.36. The Morgan fingerprint density at radius 3 is 2.54 bits per heavy atom. The first-order valence-corrected chi connectivity index (χ1v) is 11.7. The summed E-state index contributed by atoms with van der Waals surface area (Å²) in [4.78, 5) is 11.8. The lowest BCUT2D eigenvalue weighted by atomic mass is 10.2. The molecule has 1 aliphatic carbocycles. The van der Waals surface area contributed by atoms with Crippen molar-refractivity contribution in [3.05, 3.63) is 35.9 Å². The van der Waals surface area contributed by atoms with E-state index in [9.17, 15) is 4.79 Å². The van der Waals surface area contributed by atoms with E-state index in [1.165, 1.54) is 0 Å². The molecule has 1 amide bonds. The van der Waals surface area contributed by atoms with Crippen LogP contribution in [0.1, 0.15) is 39.2 Å². The summed E-state index contributed by atoms with van der Waals surface area (Å²) in [5.74, 6) is 0.527. The lowest BCUT2D eigenvalue weighted by molar-refractivity contribution is 0.138. The molecule has 1 aromatic rings. The molecule has 0 saturated heterocycles. The summed E-state index contributed by atoms with van der Waals surface area (Å²) in [5, 5.41) is 3.19. The summed E-state index contributed by atoms with van der Waals surface area (Å²) in [7, 11) is -1.66. The van der Waals surface area contributed by atoms with Gasteiger partial charge < -0.3 is 14.5 Å². The average molecular weight is 350 g/mol. The molecule has 0 aromatic heterocycles. The van der Waals surface area contributed by atoms with Crippen molar-refractivity contribution in [3.8, 4) is 0 Å². The van der Waals surface area contributed by atoms with Crippen LogP contribution in [0, 0.1) is 5.92 Å². The van der Waals surface area contributed by atoms with Crippen molar-refractivity contribution in [2.45, 2.75) is 64.4 Å². The number of hydrogen-bond acceptors (Lipinski definition) is 3. The van der Waals surface area contributed by atoms with Crippen molar-refractivity contribution in [2.24, 2.45) is 5.92 Å². The van der Waals surface area contributed by atoms with Crippen LogP contribution in [0.4, 0.5) is 4.79 Å². The molecule has 0 bridgehead atoms. The Kier molecular flexibility index (Phi) is 6.10. The zero-order valence-electron chi connectivity index (χ0n) is 15.6. The van der Waals surface area contributed by atoms with E-state index in [-0.39, 0.29) is 17.2 Å². The fourth-order valence-corrected chi connectivity index (χ4v) is 3.40. The second kappa shape index (κ2) is 7.70. The Labute approximate surface area is 147 Å². The second-order valence-corrected chi connectivity index (χ2v) is 13.0. The van der Waals surface area contributed by atoms with E-state index in [4.69, 9.17) is 9.16 Å². The van der Waals surface area contributed by atoms with Crippen molar-refractivity contribution in [1.82, 2.24) is 5.32 Å². The van der Waals surface area contributed by atoms with E-state index in [1.54, 1.807) is 0 Å². The highest BCUT2D eigenvalue weighted by molar-refractivity contribution is 6.74. The number of nitrogens with one attached hydrogen (secondary N) is 1. The quantitative estimate of drug-likeness (QED) is 0.725. The maximum atomic E-state index is 11.8. The molecule has 2 atom stereocenters. The summed E-state index contributed by atoms with van der Waals surface area (Å²) >= 11 is 0. The van der Waals surface area contributed by atoms with Crippen LogP contribution < -0.4 is 5.32 Å². The number of rotatable bonds is 7. The Morgan fingerprint density at radius 1 is 1.25 bits per heavy atom. The van der Waals surface area contributed by atoms with Gasteiger partial charge in [0.25, 0.3) is 0 Å². The standard InChI is InChI=1S/C19H31NO3Si/c1-19(2,3)24(4,5)23-12-11-16-13-17(16)20-18(21)22-14-15-9-7-6-8-10-15/h6-10,16-17H,11-14H2,1-5H3,(H,20,21)/t16-,17-/m1/s1. The third kappa shape index (κ3) is 5.63. The number of alkyl carbamates (subject to hydrolysis) is 1. The molecule has 0 spiro atoms. The molecule has 4 nitrogen and oxygen atoms in total. The number of hydrogen-bond donors (Lipinski definition) is 1. The number of amides is 1. The van der Waals surface area contributed by atoms with E-state index in [0.717, 1.165) is 25.0 Å². The predicted octanol–water partition coefficient (Wildman–Crippen LogP) is 4.71. The highest BCUT2D eigenvalue weighted by atomic mass is 28.4. The SMILES string of the molecule is CC(C)(C)[Si](C)(C)OCC[C@@H]1C[C@H]1NC(=O)OCc1ccccc1. The maximum Gasteiger partial charge on any atom is 0.407 e. The zero-order valence-corrected chi connectivity index (χ0v) is 16.6. The molecule has 24 heavy (non-hydrogen) atoms. The van der Waals surface area contributed by atoms with Gasteiger partial charge in [-0.1, -0.05) is 51.1 Å². The van der Waals surface area contributed by atoms with Crippen molar-refractivity contribution in [3.63, 3.8) is 0 Å². The van der Waals surface area contributed by atoms with Crippen LogP contribution in [0.2, 0.25) is 18.1 Å². The minimum absolute atomic E-state index is 0.245. The molecule has 2 rings (SSSR count). The van der Waals surface area contributed by atoms with Gasteiger partial charge in [-0.15, -0.1) is 0 Å². The molecular formula is C19H31NO3Si. The molecule has 1 aromatic carbocycles. The average Bonchev–Trinajstić information content (AvgIpc) is 3.23. The van der Waals surface area contributed by atoms with Crippen LogP contribution in [0.15, 0.2) is 30.3 Å². The van der Waals surface area contributed by atoms with Crippen LogP contribution in [-0.4, -0.2) is 27.1 Å². The van der Waals surface area contributed by atoms with Crippen molar-refractivity contribution in [1.29, 1.82) is 0 Å². The predicted molar refractivity (Wildman–Crippen MR) is 99.4 cm³/mol. The summed E-state index contributed by atoms with van der Waals surface area (Å²) < 4.78 is 11.5. The lowest BCUT2D eigenvalue weighted by Crippen LogP contribution is -2.41. The first-order chi connectivity index (χ1) is 11.2. The van der Waals surface area contributed by atoms with E-state index in [0.29, 0.717) is 12.5 Å². The summed E-state index contributed by atoms with van der Waals surface area (Å²) in [6.07, 6.45) is 1.72. The second-order valence-electron chi connectivity index (χ2n) is 8.21. The van der Waals surface area contributed by atoms with Gasteiger partial charge in [0, 0.05) is 12.6 Å². The molecule has 0 radical (unpaired) electrons. The van der Waals surface area contributed by atoms with E-state index in [2.05, 4.69) is 39.2 Å². The minimum atomic E-state index is -1.66. The maximum absolute atomic E-state index is 11.8. The van der Waals surface area contributed by atoms with Gasteiger partial charge in [-0.2, -0.15) is 0 Å². The van der Waals surface area contributed by atoms with E-state index < -0.39 is 8.32 Å². The van der Waals surface area contributed by atoms with Crippen LogP contribution in [-0.2, 0) is 15.8 Å². The first-order valence-electron chi connectivity index (χ1n) is 8.80. The molecule has 0 heterocycles. The van der Waals surface area contributed by atoms with Crippen LogP contribution in [0.25, 0.3) is 0 Å². The monoisotopic (exact) mass is 349 g/mol. The smallest absolute Gasteiger partial charge is 0.407 e. The van der Waals surface area contributed by atoms with Crippen LogP contribution in [0.3, 0.4) is 0 Å². The Hall–Kier alpha value is -1.33. The number of carbonyl (C=O) groups excluding carboxylic acids is 1. The highest BCUT2D eigenvalue weighted by Crippen LogP contribution is 2.38. The van der Waals surface area contributed by atoms with Gasteiger partial charge in [0.05, 0.1) is 0 Å². The third-order valence-corrected chi connectivity index (χ3v) is 9.73. The van der Waals surface area contributed by atoms with Crippen LogP contribution >= 0.6 is 0 Å². The number of benzene rings is 1. The number of carbonyl (C=O) groups is 1. The molecule has 0 aliphatic heterocycles. The van der Waals surface area contributed by atoms with Gasteiger partial charge in [-0.05, 0) is 42.5 Å². The molecule has 1 aliphatic rings. The van der Waals surface area contributed by atoms with Crippen molar-refractivity contribution in [2.75, 3.05) is 6.61 Å². The van der Waals surface area contributed by atoms with Gasteiger partial charge in [0.1, 0.15) is 6.61 Å². The fourth-order valence-electron chi connectivity index (χ4n) is 2.34. The van der Waals surface area contributed by atoms with Gasteiger partial charge in [0.15, 0.2) is 8.32 Å². The Balaban J connectivity index is 1.61. The van der Waals surface area contributed by atoms with Crippen LogP contribution in [0.5, 0.6) is 0 Å². The Morgan fingerprint density at radius 2 is 1.92 bits per heavy atom. The molecule has 134 valence electrons. The molecule has 5 heteroatoms. The molecule has 1 fully saturated rings. The number of ether oxygens (including phenoxy) is 1. The fraction of sp³-hybridized carbons (Fsp3) is 0.632. The minimum Gasteiger partial charge on any atom is -0.445 e. The topological polar surface area (TPSA) is 47.6 Å². The molecule has 1 N–H and O–H groups in total. The van der Waals surface area contributed by atoms with Gasteiger partial charge in [-0.3, -0.25) is 0 Å².